The minimum atomic E-state index is -0.880. The van der Waals surface area contributed by atoms with Crippen molar-refractivity contribution in [1.29, 1.82) is 0 Å². The van der Waals surface area contributed by atoms with E-state index >= 15 is 0 Å². The van der Waals surface area contributed by atoms with Gasteiger partial charge in [-0.25, -0.2) is 4.39 Å². The number of halogens is 1. The number of benzene rings is 1. The summed E-state index contributed by atoms with van der Waals surface area (Å²) in [7, 11) is 0. The predicted octanol–water partition coefficient (Wildman–Crippen LogP) is 1.32. The number of β-amino-alcohol motifs (C(OH)–C–C–N with tert-alkyl or cyclic N) is 1. The number of aryl methyl sites for hydroxylation is 1. The van der Waals surface area contributed by atoms with Gasteiger partial charge in [0.15, 0.2) is 0 Å². The molecule has 0 radical (unpaired) electrons. The lowest BCUT2D eigenvalue weighted by Gasteiger charge is -2.22. The maximum absolute atomic E-state index is 13.3. The molecule has 2 N–H and O–H groups in total. The normalized spacial score (nSPS) is 26.8. The summed E-state index contributed by atoms with van der Waals surface area (Å²) in [5.41, 5.74) is 0.406. The van der Waals surface area contributed by atoms with Crippen molar-refractivity contribution in [3.8, 4) is 0 Å². The molecule has 1 aromatic rings. The minimum Gasteiger partial charge on any atom is -0.384 e. The summed E-state index contributed by atoms with van der Waals surface area (Å²) in [6, 6.07) is 4.94. The fourth-order valence-corrected chi connectivity index (χ4v) is 1.81. The Labute approximate surface area is 82.8 Å². The first-order valence-electron chi connectivity index (χ1n) is 4.81. The second-order valence-corrected chi connectivity index (χ2v) is 3.92. The van der Waals surface area contributed by atoms with E-state index in [0.717, 1.165) is 6.54 Å². The van der Waals surface area contributed by atoms with Gasteiger partial charge in [-0.2, -0.15) is 0 Å². The summed E-state index contributed by atoms with van der Waals surface area (Å²) in [6.45, 7) is 3.01. The summed E-state index contributed by atoms with van der Waals surface area (Å²) >= 11 is 0. The zero-order valence-corrected chi connectivity index (χ0v) is 8.18. The van der Waals surface area contributed by atoms with Crippen molar-refractivity contribution < 1.29 is 9.50 Å². The molecule has 1 aromatic carbocycles. The van der Waals surface area contributed by atoms with E-state index in [9.17, 15) is 9.50 Å². The molecular weight excluding hydrogens is 181 g/mol. The average Bonchev–Trinajstić information content (AvgIpc) is 2.58. The van der Waals surface area contributed by atoms with Gasteiger partial charge in [-0.05, 0) is 37.1 Å². The number of aliphatic hydroxyl groups is 1. The Kier molecular flexibility index (Phi) is 2.29. The molecule has 1 atom stereocenters. The molecule has 76 valence electrons. The van der Waals surface area contributed by atoms with E-state index in [1.54, 1.807) is 19.1 Å². The minimum absolute atomic E-state index is 0.247. The molecule has 0 amide bonds. The smallest absolute Gasteiger partial charge is 0.126 e. The van der Waals surface area contributed by atoms with Gasteiger partial charge in [-0.15, -0.1) is 0 Å². The first kappa shape index (κ1) is 9.62. The van der Waals surface area contributed by atoms with Crippen LogP contribution in [0.2, 0.25) is 0 Å². The van der Waals surface area contributed by atoms with Crippen LogP contribution in [0, 0.1) is 12.7 Å². The maximum Gasteiger partial charge on any atom is 0.126 e. The van der Waals surface area contributed by atoms with Crippen LogP contribution in [0.1, 0.15) is 17.5 Å². The van der Waals surface area contributed by atoms with Crippen molar-refractivity contribution in [2.75, 3.05) is 13.1 Å². The van der Waals surface area contributed by atoms with Gasteiger partial charge in [0, 0.05) is 6.54 Å². The molecule has 2 rings (SSSR count). The Morgan fingerprint density at radius 1 is 1.50 bits per heavy atom. The third-order valence-electron chi connectivity index (χ3n) is 2.84. The molecule has 1 saturated heterocycles. The highest BCUT2D eigenvalue weighted by Gasteiger charge is 2.33. The summed E-state index contributed by atoms with van der Waals surface area (Å²) < 4.78 is 13.3. The standard InChI is InChI=1S/C11H14FNO/c1-8-2-3-9(6-10(8)12)11(14)4-5-13-7-11/h2-3,6,13-14H,4-5,7H2,1H3. The largest absolute Gasteiger partial charge is 0.384 e. The number of nitrogens with one attached hydrogen (secondary N) is 1. The number of hydrogen-bond donors (Lipinski definition) is 2. The van der Waals surface area contributed by atoms with Gasteiger partial charge in [0.1, 0.15) is 11.4 Å². The summed E-state index contributed by atoms with van der Waals surface area (Å²) in [5, 5.41) is 13.2. The van der Waals surface area contributed by atoms with Crippen molar-refractivity contribution in [1.82, 2.24) is 5.32 Å². The van der Waals surface area contributed by atoms with Crippen LogP contribution in [0.3, 0.4) is 0 Å². The van der Waals surface area contributed by atoms with Crippen molar-refractivity contribution in [2.24, 2.45) is 0 Å². The van der Waals surface area contributed by atoms with Gasteiger partial charge in [-0.1, -0.05) is 12.1 Å². The Morgan fingerprint density at radius 2 is 2.29 bits per heavy atom. The molecule has 0 bridgehead atoms. The fraction of sp³-hybridized carbons (Fsp3) is 0.455. The molecule has 14 heavy (non-hydrogen) atoms. The lowest BCUT2D eigenvalue weighted by Crippen LogP contribution is -2.28. The quantitative estimate of drug-likeness (QED) is 0.708. The van der Waals surface area contributed by atoms with E-state index in [1.807, 2.05) is 0 Å². The molecule has 1 aliphatic rings. The van der Waals surface area contributed by atoms with Gasteiger partial charge < -0.3 is 10.4 Å². The molecule has 2 nitrogen and oxygen atoms in total. The van der Waals surface area contributed by atoms with Crippen LogP contribution in [0.4, 0.5) is 4.39 Å². The lowest BCUT2D eigenvalue weighted by molar-refractivity contribution is 0.0584. The maximum atomic E-state index is 13.3. The molecule has 1 fully saturated rings. The lowest BCUT2D eigenvalue weighted by atomic mass is 9.92. The Morgan fingerprint density at radius 3 is 2.86 bits per heavy atom. The van der Waals surface area contributed by atoms with Crippen LogP contribution >= 0.6 is 0 Å². The van der Waals surface area contributed by atoms with E-state index in [4.69, 9.17) is 0 Å². The predicted molar refractivity (Wildman–Crippen MR) is 52.5 cm³/mol. The monoisotopic (exact) mass is 195 g/mol. The molecule has 1 heterocycles. The number of rotatable bonds is 1. The number of hydrogen-bond acceptors (Lipinski definition) is 2. The summed E-state index contributed by atoms with van der Waals surface area (Å²) in [4.78, 5) is 0. The van der Waals surface area contributed by atoms with Gasteiger partial charge in [0.2, 0.25) is 0 Å². The van der Waals surface area contributed by atoms with Crippen molar-refractivity contribution in [3.05, 3.63) is 35.1 Å². The summed E-state index contributed by atoms with van der Waals surface area (Å²) in [5.74, 6) is -0.247. The third-order valence-corrected chi connectivity index (χ3v) is 2.84. The Balaban J connectivity index is 2.36. The van der Waals surface area contributed by atoms with Crippen LogP contribution in [0.5, 0.6) is 0 Å². The topological polar surface area (TPSA) is 32.3 Å². The van der Waals surface area contributed by atoms with Crippen molar-refractivity contribution >= 4 is 0 Å². The molecule has 3 heteroatoms. The molecule has 1 unspecified atom stereocenters. The Hall–Kier alpha value is -0.930. The molecule has 1 aliphatic heterocycles. The zero-order chi connectivity index (χ0) is 10.2. The van der Waals surface area contributed by atoms with Crippen LogP contribution in [0.25, 0.3) is 0 Å². The van der Waals surface area contributed by atoms with Gasteiger partial charge in [-0.3, -0.25) is 0 Å². The third kappa shape index (κ3) is 1.53. The van der Waals surface area contributed by atoms with E-state index in [2.05, 4.69) is 5.32 Å². The first-order valence-corrected chi connectivity index (χ1v) is 4.81. The molecule has 0 saturated carbocycles. The second-order valence-electron chi connectivity index (χ2n) is 3.92. The highest BCUT2D eigenvalue weighted by atomic mass is 19.1. The van der Waals surface area contributed by atoms with E-state index in [0.29, 0.717) is 24.1 Å². The SMILES string of the molecule is Cc1ccc(C2(O)CCNC2)cc1F. The molecule has 0 spiro atoms. The first-order chi connectivity index (χ1) is 6.62. The molecule has 0 aliphatic carbocycles. The van der Waals surface area contributed by atoms with E-state index in [1.165, 1.54) is 6.07 Å². The van der Waals surface area contributed by atoms with Gasteiger partial charge in [0.05, 0.1) is 0 Å². The van der Waals surface area contributed by atoms with Crippen LogP contribution in [-0.2, 0) is 5.60 Å². The van der Waals surface area contributed by atoms with Crippen molar-refractivity contribution in [3.63, 3.8) is 0 Å². The van der Waals surface area contributed by atoms with Gasteiger partial charge in [0.25, 0.3) is 0 Å². The second kappa shape index (κ2) is 3.33. The van der Waals surface area contributed by atoms with E-state index in [-0.39, 0.29) is 5.82 Å². The zero-order valence-electron chi connectivity index (χ0n) is 8.18. The van der Waals surface area contributed by atoms with E-state index < -0.39 is 5.60 Å². The highest BCUT2D eigenvalue weighted by Crippen LogP contribution is 2.28. The van der Waals surface area contributed by atoms with Crippen molar-refractivity contribution in [2.45, 2.75) is 18.9 Å². The van der Waals surface area contributed by atoms with Crippen LogP contribution in [0.15, 0.2) is 18.2 Å². The molecule has 0 aromatic heterocycles. The van der Waals surface area contributed by atoms with Crippen LogP contribution in [-0.4, -0.2) is 18.2 Å². The Bertz CT molecular complexity index is 345. The van der Waals surface area contributed by atoms with Crippen LogP contribution < -0.4 is 5.32 Å². The molecular formula is C11H14FNO. The highest BCUT2D eigenvalue weighted by molar-refractivity contribution is 5.29. The summed E-state index contributed by atoms with van der Waals surface area (Å²) in [6.07, 6.45) is 0.648. The average molecular weight is 195 g/mol. The van der Waals surface area contributed by atoms with Gasteiger partial charge >= 0.3 is 0 Å². The fourth-order valence-electron chi connectivity index (χ4n) is 1.81.